The van der Waals surface area contributed by atoms with E-state index in [1.165, 1.54) is 0 Å². The van der Waals surface area contributed by atoms with Crippen molar-refractivity contribution in [3.63, 3.8) is 0 Å². The number of benzene rings is 2. The average Bonchev–Trinajstić information content (AvgIpc) is 2.97. The minimum Gasteiger partial charge on any atom is -0.321 e. The van der Waals surface area contributed by atoms with E-state index >= 15 is 0 Å². The van der Waals surface area contributed by atoms with Crippen molar-refractivity contribution >= 4 is 40.9 Å². The second-order valence-corrected chi connectivity index (χ2v) is 8.02. The summed E-state index contributed by atoms with van der Waals surface area (Å²) < 4.78 is 2.01. The first-order valence-corrected chi connectivity index (χ1v) is 10.1. The summed E-state index contributed by atoms with van der Waals surface area (Å²) in [7, 11) is 0. The first kappa shape index (κ1) is 21.7. The van der Waals surface area contributed by atoms with Crippen LogP contribution in [0.1, 0.15) is 28.1 Å². The monoisotopic (exact) mass is 437 g/mol. The summed E-state index contributed by atoms with van der Waals surface area (Å²) in [6.45, 7) is 7.79. The highest BCUT2D eigenvalue weighted by molar-refractivity contribution is 6.42. The molecule has 3 rings (SSSR count). The average molecular weight is 438 g/mol. The normalized spacial score (nSPS) is 11.3. The lowest BCUT2D eigenvalue weighted by molar-refractivity contribution is -0.112. The zero-order valence-corrected chi connectivity index (χ0v) is 18.7. The van der Waals surface area contributed by atoms with Crippen LogP contribution in [0.3, 0.4) is 0 Å². The molecule has 0 atom stereocenters. The van der Waals surface area contributed by atoms with Crippen molar-refractivity contribution in [3.8, 4) is 11.8 Å². The molecule has 0 saturated carbocycles. The first-order chi connectivity index (χ1) is 14.2. The van der Waals surface area contributed by atoms with Crippen molar-refractivity contribution in [2.75, 3.05) is 5.32 Å². The molecule has 0 spiro atoms. The standard InChI is InChI=1S/C24H21Cl2N3O/c1-14-5-8-23(15(2)9-14)28-24(30)19(13-27)11-18-10-16(3)29(17(18)4)20-6-7-21(25)22(26)12-20/h5-12H,1-4H3,(H,28,30)/b19-11+. The molecule has 0 aliphatic carbocycles. The summed E-state index contributed by atoms with van der Waals surface area (Å²) in [6, 6.07) is 15.1. The lowest BCUT2D eigenvalue weighted by Crippen LogP contribution is -2.14. The molecule has 1 aromatic heterocycles. The number of amides is 1. The van der Waals surface area contributed by atoms with Gasteiger partial charge in [-0.3, -0.25) is 4.79 Å². The van der Waals surface area contributed by atoms with E-state index < -0.39 is 5.91 Å². The van der Waals surface area contributed by atoms with Crippen molar-refractivity contribution in [3.05, 3.63) is 86.2 Å². The Morgan fingerprint density at radius 3 is 2.40 bits per heavy atom. The molecule has 4 nitrogen and oxygen atoms in total. The van der Waals surface area contributed by atoms with Crippen LogP contribution in [-0.2, 0) is 4.79 Å². The quantitative estimate of drug-likeness (QED) is 0.370. The molecule has 0 radical (unpaired) electrons. The van der Waals surface area contributed by atoms with E-state index in [0.717, 1.165) is 33.8 Å². The maximum Gasteiger partial charge on any atom is 0.266 e. The molecule has 2 aromatic carbocycles. The summed E-state index contributed by atoms with van der Waals surface area (Å²) in [5.74, 6) is -0.441. The molecule has 1 amide bonds. The van der Waals surface area contributed by atoms with Crippen LogP contribution in [0.25, 0.3) is 11.8 Å². The Morgan fingerprint density at radius 2 is 1.77 bits per heavy atom. The fraction of sp³-hybridized carbons (Fsp3) is 0.167. The number of nitrogens with one attached hydrogen (secondary N) is 1. The number of rotatable bonds is 4. The van der Waals surface area contributed by atoms with Gasteiger partial charge in [0.25, 0.3) is 5.91 Å². The maximum absolute atomic E-state index is 12.7. The molecule has 0 saturated heterocycles. The fourth-order valence-electron chi connectivity index (χ4n) is 3.40. The number of carbonyl (C=O) groups is 1. The Hall–Kier alpha value is -3.00. The highest BCUT2D eigenvalue weighted by Crippen LogP contribution is 2.28. The second-order valence-electron chi connectivity index (χ2n) is 7.20. The van der Waals surface area contributed by atoms with Gasteiger partial charge in [0.2, 0.25) is 0 Å². The van der Waals surface area contributed by atoms with Gasteiger partial charge in [0.1, 0.15) is 11.6 Å². The van der Waals surface area contributed by atoms with Crippen LogP contribution in [0, 0.1) is 39.0 Å². The Morgan fingerprint density at radius 1 is 1.03 bits per heavy atom. The van der Waals surface area contributed by atoms with Gasteiger partial charge in [0, 0.05) is 22.8 Å². The van der Waals surface area contributed by atoms with Gasteiger partial charge in [-0.15, -0.1) is 0 Å². The molecule has 152 valence electrons. The minimum absolute atomic E-state index is 0.0318. The number of nitrogens with zero attached hydrogens (tertiary/aromatic N) is 2. The second kappa shape index (κ2) is 8.79. The fourth-order valence-corrected chi connectivity index (χ4v) is 3.70. The van der Waals surface area contributed by atoms with E-state index in [0.29, 0.717) is 15.7 Å². The predicted octanol–water partition coefficient (Wildman–Crippen LogP) is 6.56. The van der Waals surface area contributed by atoms with Crippen molar-refractivity contribution in [1.29, 1.82) is 5.26 Å². The van der Waals surface area contributed by atoms with Crippen LogP contribution in [-0.4, -0.2) is 10.5 Å². The van der Waals surface area contributed by atoms with Crippen LogP contribution in [0.5, 0.6) is 0 Å². The van der Waals surface area contributed by atoms with Crippen LogP contribution >= 0.6 is 23.2 Å². The van der Waals surface area contributed by atoms with Crippen LogP contribution in [0.4, 0.5) is 5.69 Å². The smallest absolute Gasteiger partial charge is 0.266 e. The third kappa shape index (κ3) is 4.43. The van der Waals surface area contributed by atoms with Crippen LogP contribution in [0.2, 0.25) is 10.0 Å². The number of hydrogen-bond donors (Lipinski definition) is 1. The zero-order valence-electron chi connectivity index (χ0n) is 17.2. The molecular formula is C24H21Cl2N3O. The highest BCUT2D eigenvalue weighted by Gasteiger charge is 2.15. The number of aromatic nitrogens is 1. The van der Waals surface area contributed by atoms with Gasteiger partial charge in [0.05, 0.1) is 10.0 Å². The van der Waals surface area contributed by atoms with Gasteiger partial charge in [0.15, 0.2) is 0 Å². The Kier molecular flexibility index (Phi) is 6.36. The maximum atomic E-state index is 12.7. The number of halogens is 2. The third-order valence-corrected chi connectivity index (χ3v) is 5.67. The van der Waals surface area contributed by atoms with E-state index in [2.05, 4.69) is 5.32 Å². The molecular weight excluding hydrogens is 417 g/mol. The molecule has 30 heavy (non-hydrogen) atoms. The van der Waals surface area contributed by atoms with Gasteiger partial charge in [-0.05, 0) is 75.2 Å². The number of aryl methyl sites for hydroxylation is 3. The summed E-state index contributed by atoms with van der Waals surface area (Å²) in [5.41, 5.74) is 6.25. The van der Waals surface area contributed by atoms with Gasteiger partial charge >= 0.3 is 0 Å². The number of hydrogen-bond acceptors (Lipinski definition) is 2. The van der Waals surface area contributed by atoms with Gasteiger partial charge in [-0.1, -0.05) is 40.9 Å². The van der Waals surface area contributed by atoms with E-state index in [-0.39, 0.29) is 5.57 Å². The minimum atomic E-state index is -0.441. The zero-order chi connectivity index (χ0) is 22.0. The molecule has 0 fully saturated rings. The SMILES string of the molecule is Cc1ccc(NC(=O)/C(C#N)=C/c2cc(C)n(-c3ccc(Cl)c(Cl)c3)c2C)c(C)c1. The van der Waals surface area contributed by atoms with Gasteiger partial charge in [-0.25, -0.2) is 0 Å². The van der Waals surface area contributed by atoms with Gasteiger partial charge in [-0.2, -0.15) is 5.26 Å². The largest absolute Gasteiger partial charge is 0.321 e. The Balaban J connectivity index is 1.95. The Labute approximate surface area is 186 Å². The van der Waals surface area contributed by atoms with E-state index in [1.807, 2.05) is 68.7 Å². The summed E-state index contributed by atoms with van der Waals surface area (Å²) >= 11 is 12.2. The van der Waals surface area contributed by atoms with Crippen molar-refractivity contribution < 1.29 is 4.79 Å². The van der Waals surface area contributed by atoms with Crippen LogP contribution in [0.15, 0.2) is 48.0 Å². The first-order valence-electron chi connectivity index (χ1n) is 9.36. The topological polar surface area (TPSA) is 57.8 Å². The summed E-state index contributed by atoms with van der Waals surface area (Å²) in [6.07, 6.45) is 1.61. The number of carbonyl (C=O) groups excluding carboxylic acids is 1. The molecule has 6 heteroatoms. The van der Waals surface area contributed by atoms with E-state index in [1.54, 1.807) is 18.2 Å². The Bertz CT molecular complexity index is 1220. The van der Waals surface area contributed by atoms with Gasteiger partial charge < -0.3 is 9.88 Å². The van der Waals surface area contributed by atoms with Crippen molar-refractivity contribution in [1.82, 2.24) is 4.57 Å². The lowest BCUT2D eigenvalue weighted by atomic mass is 10.1. The molecule has 0 aliphatic rings. The lowest BCUT2D eigenvalue weighted by Gasteiger charge is -2.11. The predicted molar refractivity (Wildman–Crippen MR) is 123 cm³/mol. The van der Waals surface area contributed by atoms with Crippen molar-refractivity contribution in [2.24, 2.45) is 0 Å². The molecule has 0 unspecified atom stereocenters. The molecule has 3 aromatic rings. The third-order valence-electron chi connectivity index (χ3n) is 4.93. The molecule has 0 aliphatic heterocycles. The molecule has 1 N–H and O–H groups in total. The molecule has 1 heterocycles. The number of anilines is 1. The van der Waals surface area contributed by atoms with Crippen molar-refractivity contribution in [2.45, 2.75) is 27.7 Å². The summed E-state index contributed by atoms with van der Waals surface area (Å²) in [4.78, 5) is 12.7. The van der Waals surface area contributed by atoms with Crippen LogP contribution < -0.4 is 5.32 Å². The summed E-state index contributed by atoms with van der Waals surface area (Å²) in [5, 5.41) is 13.4. The highest BCUT2D eigenvalue weighted by atomic mass is 35.5. The van der Waals surface area contributed by atoms with E-state index in [9.17, 15) is 10.1 Å². The molecule has 0 bridgehead atoms. The van der Waals surface area contributed by atoms with E-state index in [4.69, 9.17) is 23.2 Å². The number of nitriles is 1.